The van der Waals surface area contributed by atoms with Crippen LogP contribution in [0.15, 0.2) is 0 Å². The van der Waals surface area contributed by atoms with Crippen molar-refractivity contribution in [3.8, 4) is 0 Å². The zero-order chi connectivity index (χ0) is 2.71. The standard InChI is InChI=1S/Li.HO2P/c;1-3-2/h;3H/p+1. The Bertz CT molecular complexity index is 13.5. The maximum atomic E-state index is 8.51. The molecule has 0 aromatic rings. The van der Waals surface area contributed by atoms with E-state index < -0.39 is 8.69 Å². The molecule has 0 amide bonds. The van der Waals surface area contributed by atoms with Gasteiger partial charge in [-0.1, -0.05) is 0 Å². The summed E-state index contributed by atoms with van der Waals surface area (Å²) in [5.74, 6) is 0. The van der Waals surface area contributed by atoms with Gasteiger partial charge < -0.3 is 0 Å². The van der Waals surface area contributed by atoms with Crippen molar-refractivity contribution in [1.82, 2.24) is 0 Å². The number of hydrogen-bond acceptors (Lipinski definition) is 1. The minimum atomic E-state index is -1.17. The van der Waals surface area contributed by atoms with Crippen LogP contribution in [0.1, 0.15) is 0 Å². The molecule has 0 aliphatic rings. The second kappa shape index (κ2) is 9.40. The predicted molar refractivity (Wildman–Crippen MR) is 17.0 cm³/mol. The second-order valence-corrected chi connectivity index (χ2v) is 0.274. The predicted octanol–water partition coefficient (Wildman–Crippen LogP) is -0.463. The zero-order valence-corrected chi connectivity index (χ0v) is 3.36. The van der Waals surface area contributed by atoms with Gasteiger partial charge in [0.05, 0.1) is 0 Å². The summed E-state index contributed by atoms with van der Waals surface area (Å²) >= 11 is 0. The molecule has 0 spiro atoms. The average molecular weight is 71.9 g/mol. The Kier molecular flexibility index (Phi) is 20.7. The molecule has 0 saturated carbocycles. The summed E-state index contributed by atoms with van der Waals surface area (Å²) in [6, 6.07) is 0. The molecule has 0 aromatic carbocycles. The molecule has 0 aromatic heterocycles. The maximum absolute atomic E-state index is 8.51. The van der Waals surface area contributed by atoms with E-state index in [1.54, 1.807) is 0 Å². The van der Waals surface area contributed by atoms with Gasteiger partial charge >= 0.3 is 8.69 Å². The van der Waals surface area contributed by atoms with Gasteiger partial charge in [0, 0.05) is 18.9 Å². The molecule has 0 fully saturated rings. The van der Waals surface area contributed by atoms with Gasteiger partial charge in [0.25, 0.3) is 0 Å². The van der Waals surface area contributed by atoms with E-state index in [0.29, 0.717) is 0 Å². The van der Waals surface area contributed by atoms with Crippen LogP contribution < -0.4 is 0 Å². The largest absolute Gasteiger partial charge is 0.491 e. The smallest absolute Gasteiger partial charge is 0.162 e. The monoisotopic (exact) mass is 72.0 g/mol. The van der Waals surface area contributed by atoms with Crippen LogP contribution in [0.2, 0.25) is 0 Å². The average Bonchev–Trinajstić information content (AvgIpc) is 0.918. The fourth-order valence-electron chi connectivity index (χ4n) is 0. The Balaban J connectivity index is 0. The van der Waals surface area contributed by atoms with Crippen molar-refractivity contribution in [3.05, 3.63) is 0 Å². The Morgan fingerprint density at radius 3 is 1.75 bits per heavy atom. The Labute approximate surface area is 37.7 Å². The van der Waals surface area contributed by atoms with Crippen LogP contribution in [0.3, 0.4) is 0 Å². The van der Waals surface area contributed by atoms with Crippen LogP contribution in [0, 0.1) is 0 Å². The van der Waals surface area contributed by atoms with Crippen LogP contribution in [0.5, 0.6) is 0 Å². The molecule has 4 heteroatoms. The molecule has 1 atom stereocenters. The summed E-state index contributed by atoms with van der Waals surface area (Å²) in [4.78, 5) is 7.04. The molecule has 0 rings (SSSR count). The Hall–Kier alpha value is 0.657. The van der Waals surface area contributed by atoms with E-state index in [-0.39, 0.29) is 18.9 Å². The molecule has 1 unspecified atom stereocenters. The summed E-state index contributed by atoms with van der Waals surface area (Å²) in [6.45, 7) is 0. The summed E-state index contributed by atoms with van der Waals surface area (Å²) in [5.41, 5.74) is 0. The molecular formula is H2LiO2P+. The van der Waals surface area contributed by atoms with Crippen LogP contribution >= 0.6 is 8.69 Å². The summed E-state index contributed by atoms with van der Waals surface area (Å²) < 4.78 is 8.51. The molecule has 0 heterocycles. The number of hydrogen-bond donors (Lipinski definition) is 1. The van der Waals surface area contributed by atoms with Crippen molar-refractivity contribution in [2.75, 3.05) is 0 Å². The Morgan fingerprint density at radius 1 is 1.75 bits per heavy atom. The molecule has 0 saturated heterocycles. The van der Waals surface area contributed by atoms with Crippen LogP contribution in [0.25, 0.3) is 0 Å². The summed E-state index contributed by atoms with van der Waals surface area (Å²) in [6.07, 6.45) is 0. The summed E-state index contributed by atoms with van der Waals surface area (Å²) in [7, 11) is -1.17. The van der Waals surface area contributed by atoms with Crippen LogP contribution in [-0.2, 0) is 4.57 Å². The topological polar surface area (TPSA) is 37.3 Å². The van der Waals surface area contributed by atoms with E-state index in [2.05, 4.69) is 0 Å². The third kappa shape index (κ3) is 16.9. The third-order valence-corrected chi connectivity index (χ3v) is 0. The third-order valence-electron chi connectivity index (χ3n) is 0. The fraction of sp³-hybridized carbons (Fsp3) is 0. The fourth-order valence-corrected chi connectivity index (χ4v) is 0. The molecule has 4 heavy (non-hydrogen) atoms. The van der Waals surface area contributed by atoms with Crippen molar-refractivity contribution >= 4 is 27.5 Å². The maximum Gasteiger partial charge on any atom is 0.491 e. The normalized spacial score (nSPS) is 5.25. The first-order valence-corrected chi connectivity index (χ1v) is 1.28. The molecule has 1 N–H and O–H groups in total. The van der Waals surface area contributed by atoms with E-state index in [1.807, 2.05) is 0 Å². The SMILES string of the molecule is O=[PH+]O.[Li]. The minimum Gasteiger partial charge on any atom is -0.162 e. The summed E-state index contributed by atoms with van der Waals surface area (Å²) in [5, 5.41) is 0. The van der Waals surface area contributed by atoms with Gasteiger partial charge in [-0.3, -0.25) is 0 Å². The zero-order valence-electron chi connectivity index (χ0n) is 2.36. The van der Waals surface area contributed by atoms with Gasteiger partial charge in [0.15, 0.2) is 0 Å². The molecule has 0 bridgehead atoms. The molecule has 2 nitrogen and oxygen atoms in total. The van der Waals surface area contributed by atoms with Gasteiger partial charge in [0.1, 0.15) is 0 Å². The van der Waals surface area contributed by atoms with E-state index in [0.717, 1.165) is 0 Å². The molecule has 19 valence electrons. The molecule has 1 radical (unpaired) electrons. The van der Waals surface area contributed by atoms with Gasteiger partial charge in [-0.05, 0) is 4.57 Å². The minimum absolute atomic E-state index is 0. The molecule has 0 aliphatic carbocycles. The van der Waals surface area contributed by atoms with Gasteiger partial charge in [-0.25, -0.2) is 0 Å². The van der Waals surface area contributed by atoms with Crippen molar-refractivity contribution in [2.24, 2.45) is 0 Å². The van der Waals surface area contributed by atoms with Crippen LogP contribution in [0.4, 0.5) is 0 Å². The Morgan fingerprint density at radius 2 is 1.75 bits per heavy atom. The number of rotatable bonds is 0. The van der Waals surface area contributed by atoms with E-state index >= 15 is 0 Å². The van der Waals surface area contributed by atoms with Crippen molar-refractivity contribution in [3.63, 3.8) is 0 Å². The molecule has 0 aliphatic heterocycles. The van der Waals surface area contributed by atoms with Crippen molar-refractivity contribution in [1.29, 1.82) is 0 Å². The van der Waals surface area contributed by atoms with Gasteiger partial charge in [-0.15, -0.1) is 0 Å². The first kappa shape index (κ1) is 8.82. The van der Waals surface area contributed by atoms with Crippen molar-refractivity contribution < 1.29 is 9.46 Å². The second-order valence-electron chi connectivity index (χ2n) is 0.0913. The van der Waals surface area contributed by atoms with E-state index in [9.17, 15) is 0 Å². The first-order valence-electron chi connectivity index (χ1n) is 0.428. The van der Waals surface area contributed by atoms with Crippen LogP contribution in [-0.4, -0.2) is 23.8 Å². The first-order chi connectivity index (χ1) is 1.41. The van der Waals surface area contributed by atoms with Crippen molar-refractivity contribution in [2.45, 2.75) is 0 Å². The van der Waals surface area contributed by atoms with Gasteiger partial charge in [-0.2, -0.15) is 4.89 Å². The van der Waals surface area contributed by atoms with Gasteiger partial charge in [0.2, 0.25) is 0 Å². The quantitative estimate of drug-likeness (QED) is 0.310. The molecular weight excluding hydrogens is 69.9 g/mol. The van der Waals surface area contributed by atoms with E-state index in [4.69, 9.17) is 9.46 Å². The van der Waals surface area contributed by atoms with E-state index in [1.165, 1.54) is 0 Å².